The van der Waals surface area contributed by atoms with Gasteiger partial charge in [-0.15, -0.1) is 0 Å². The van der Waals surface area contributed by atoms with Crippen LogP contribution in [0.2, 0.25) is 0 Å². The van der Waals surface area contributed by atoms with E-state index in [1.54, 1.807) is 54.6 Å². The van der Waals surface area contributed by atoms with E-state index >= 15 is 0 Å². The van der Waals surface area contributed by atoms with Crippen LogP contribution in [-0.2, 0) is 10.0 Å². The van der Waals surface area contributed by atoms with E-state index < -0.39 is 16.0 Å². The summed E-state index contributed by atoms with van der Waals surface area (Å²) in [5.41, 5.74) is 0.512. The molecule has 2 N–H and O–H groups in total. The van der Waals surface area contributed by atoms with Crippen molar-refractivity contribution in [3.8, 4) is 0 Å². The lowest BCUT2D eigenvalue weighted by Crippen LogP contribution is -2.14. The number of benzene rings is 3. The number of carboxylic acid groups (broad SMARTS) is 1. The first kappa shape index (κ1) is 15.1. The number of hydrogen-bond acceptors (Lipinski definition) is 3. The van der Waals surface area contributed by atoms with Gasteiger partial charge in [0.05, 0.1) is 10.5 Å². The highest BCUT2D eigenvalue weighted by molar-refractivity contribution is 7.93. The normalized spacial score (nSPS) is 11.3. The summed E-state index contributed by atoms with van der Waals surface area (Å²) in [6, 6.07) is 17.7. The zero-order valence-electron chi connectivity index (χ0n) is 11.9. The lowest BCUT2D eigenvalue weighted by Gasteiger charge is -2.12. The van der Waals surface area contributed by atoms with Gasteiger partial charge in [-0.1, -0.05) is 42.5 Å². The van der Waals surface area contributed by atoms with Crippen LogP contribution in [0.3, 0.4) is 0 Å². The molecule has 3 rings (SSSR count). The molecule has 0 unspecified atom stereocenters. The number of para-hydroxylation sites is 1. The van der Waals surface area contributed by atoms with Crippen LogP contribution in [0.5, 0.6) is 0 Å². The fourth-order valence-corrected chi connectivity index (χ4v) is 3.68. The summed E-state index contributed by atoms with van der Waals surface area (Å²) in [5.74, 6) is -1.10. The molecule has 0 fully saturated rings. The van der Waals surface area contributed by atoms with Crippen molar-refractivity contribution >= 4 is 32.5 Å². The van der Waals surface area contributed by atoms with Gasteiger partial charge in [-0.2, -0.15) is 0 Å². The van der Waals surface area contributed by atoms with Gasteiger partial charge in [0.1, 0.15) is 0 Å². The molecule has 116 valence electrons. The van der Waals surface area contributed by atoms with Gasteiger partial charge >= 0.3 is 5.97 Å². The summed E-state index contributed by atoms with van der Waals surface area (Å²) in [7, 11) is -3.83. The third kappa shape index (κ3) is 2.89. The minimum absolute atomic E-state index is 0.0435. The van der Waals surface area contributed by atoms with Crippen LogP contribution in [0.25, 0.3) is 10.8 Å². The van der Waals surface area contributed by atoms with E-state index in [1.165, 1.54) is 12.1 Å². The largest absolute Gasteiger partial charge is 0.478 e. The summed E-state index contributed by atoms with van der Waals surface area (Å²) in [5, 5.41) is 10.0. The Kier molecular flexibility index (Phi) is 3.75. The maximum absolute atomic E-state index is 12.6. The van der Waals surface area contributed by atoms with E-state index in [2.05, 4.69) is 4.72 Å². The number of sulfonamides is 1. The van der Waals surface area contributed by atoms with E-state index in [4.69, 9.17) is 0 Å². The first-order valence-corrected chi connectivity index (χ1v) is 8.30. The Labute approximate surface area is 133 Å². The smallest absolute Gasteiger partial charge is 0.336 e. The monoisotopic (exact) mass is 327 g/mol. The molecular formula is C17H13NO4S. The second kappa shape index (κ2) is 5.73. The average molecular weight is 327 g/mol. The molecule has 3 aromatic carbocycles. The first-order chi connectivity index (χ1) is 11.0. The van der Waals surface area contributed by atoms with Crippen LogP contribution in [0, 0.1) is 0 Å². The lowest BCUT2D eigenvalue weighted by atomic mass is 10.0. The summed E-state index contributed by atoms with van der Waals surface area (Å²) in [6.07, 6.45) is 0. The van der Waals surface area contributed by atoms with E-state index in [9.17, 15) is 18.3 Å². The van der Waals surface area contributed by atoms with Crippen molar-refractivity contribution in [2.75, 3.05) is 4.72 Å². The van der Waals surface area contributed by atoms with Crippen LogP contribution in [0.15, 0.2) is 71.6 Å². The van der Waals surface area contributed by atoms with Gasteiger partial charge < -0.3 is 5.11 Å². The number of nitrogens with one attached hydrogen (secondary N) is 1. The van der Waals surface area contributed by atoms with E-state index in [-0.39, 0.29) is 10.5 Å². The fraction of sp³-hybridized carbons (Fsp3) is 0. The third-order valence-corrected chi connectivity index (χ3v) is 4.87. The van der Waals surface area contributed by atoms with Crippen LogP contribution in [0.1, 0.15) is 10.4 Å². The minimum Gasteiger partial charge on any atom is -0.478 e. The molecule has 0 aliphatic rings. The number of carbonyl (C=O) groups is 1. The quantitative estimate of drug-likeness (QED) is 0.770. The summed E-state index contributed by atoms with van der Waals surface area (Å²) in [4.78, 5) is 11.3. The molecule has 0 aliphatic carbocycles. The Bertz CT molecular complexity index is 982. The zero-order valence-corrected chi connectivity index (χ0v) is 12.7. The standard InChI is InChI=1S/C17H13NO4S/c19-17(20)15-10-11-16(14-9-5-4-8-13(14)15)23(21,22)18-12-6-2-1-3-7-12/h1-11,18H,(H,19,20). The van der Waals surface area contributed by atoms with Crippen molar-refractivity contribution in [3.63, 3.8) is 0 Å². The number of anilines is 1. The number of rotatable bonds is 4. The van der Waals surface area contributed by atoms with Crippen LogP contribution in [-0.4, -0.2) is 19.5 Å². The fourth-order valence-electron chi connectivity index (χ4n) is 2.41. The summed E-state index contributed by atoms with van der Waals surface area (Å²) in [6.45, 7) is 0. The second-order valence-corrected chi connectivity index (χ2v) is 6.58. The van der Waals surface area contributed by atoms with Gasteiger partial charge in [0.25, 0.3) is 10.0 Å². The Balaban J connectivity index is 2.17. The van der Waals surface area contributed by atoms with Gasteiger partial charge in [0, 0.05) is 11.1 Å². The van der Waals surface area contributed by atoms with Gasteiger partial charge in [0.2, 0.25) is 0 Å². The number of aromatic carboxylic acids is 1. The predicted octanol–water partition coefficient (Wildman–Crippen LogP) is 3.34. The Morgan fingerprint density at radius 2 is 1.43 bits per heavy atom. The molecule has 0 amide bonds. The maximum atomic E-state index is 12.6. The minimum atomic E-state index is -3.83. The van der Waals surface area contributed by atoms with Crippen molar-refractivity contribution < 1.29 is 18.3 Å². The molecule has 3 aromatic rings. The molecule has 0 spiro atoms. The average Bonchev–Trinajstić information content (AvgIpc) is 2.54. The Hall–Kier alpha value is -2.86. The first-order valence-electron chi connectivity index (χ1n) is 6.82. The van der Waals surface area contributed by atoms with Gasteiger partial charge in [-0.05, 0) is 29.7 Å². The highest BCUT2D eigenvalue weighted by Gasteiger charge is 2.20. The second-order valence-electron chi connectivity index (χ2n) is 4.93. The number of carboxylic acids is 1. The molecule has 6 heteroatoms. The van der Waals surface area contributed by atoms with Crippen molar-refractivity contribution in [2.45, 2.75) is 4.90 Å². The molecule has 0 aliphatic heterocycles. The molecule has 0 aromatic heterocycles. The van der Waals surface area contributed by atoms with Gasteiger partial charge in [-0.25, -0.2) is 13.2 Å². The SMILES string of the molecule is O=C(O)c1ccc(S(=O)(=O)Nc2ccccc2)c2ccccc12. The van der Waals surface area contributed by atoms with E-state index in [0.29, 0.717) is 16.5 Å². The molecule has 0 bridgehead atoms. The zero-order chi connectivity index (χ0) is 16.4. The molecule has 0 heterocycles. The molecule has 0 atom stereocenters. The van der Waals surface area contributed by atoms with Crippen LogP contribution < -0.4 is 4.72 Å². The van der Waals surface area contributed by atoms with Crippen molar-refractivity contribution in [3.05, 3.63) is 72.3 Å². The van der Waals surface area contributed by atoms with Crippen LogP contribution in [0.4, 0.5) is 5.69 Å². The number of fused-ring (bicyclic) bond motifs is 1. The maximum Gasteiger partial charge on any atom is 0.336 e. The Morgan fingerprint density at radius 3 is 2.09 bits per heavy atom. The molecule has 23 heavy (non-hydrogen) atoms. The summed E-state index contributed by atoms with van der Waals surface area (Å²) >= 11 is 0. The van der Waals surface area contributed by atoms with E-state index in [1.807, 2.05) is 0 Å². The third-order valence-electron chi connectivity index (χ3n) is 3.43. The highest BCUT2D eigenvalue weighted by Crippen LogP contribution is 2.27. The molecular weight excluding hydrogens is 314 g/mol. The van der Waals surface area contributed by atoms with Crippen LogP contribution >= 0.6 is 0 Å². The molecule has 5 nitrogen and oxygen atoms in total. The van der Waals surface area contributed by atoms with Gasteiger partial charge in [0.15, 0.2) is 0 Å². The van der Waals surface area contributed by atoms with Crippen molar-refractivity contribution in [2.24, 2.45) is 0 Å². The van der Waals surface area contributed by atoms with Crippen molar-refractivity contribution in [1.29, 1.82) is 0 Å². The summed E-state index contributed by atoms with van der Waals surface area (Å²) < 4.78 is 27.8. The topological polar surface area (TPSA) is 83.5 Å². The number of hydrogen-bond donors (Lipinski definition) is 2. The predicted molar refractivity (Wildman–Crippen MR) is 88.2 cm³/mol. The highest BCUT2D eigenvalue weighted by atomic mass is 32.2. The molecule has 0 radical (unpaired) electrons. The van der Waals surface area contributed by atoms with Crippen molar-refractivity contribution in [1.82, 2.24) is 0 Å². The molecule has 0 saturated heterocycles. The van der Waals surface area contributed by atoms with Gasteiger partial charge in [-0.3, -0.25) is 4.72 Å². The lowest BCUT2D eigenvalue weighted by molar-refractivity contribution is 0.0699. The molecule has 0 saturated carbocycles. The Morgan fingerprint density at radius 1 is 0.826 bits per heavy atom. The van der Waals surface area contributed by atoms with E-state index in [0.717, 1.165) is 0 Å².